The Bertz CT molecular complexity index is 974. The first-order chi connectivity index (χ1) is 13.1. The van der Waals surface area contributed by atoms with E-state index >= 15 is 0 Å². The molecule has 7 heteroatoms. The summed E-state index contributed by atoms with van der Waals surface area (Å²) >= 11 is 3.43. The summed E-state index contributed by atoms with van der Waals surface area (Å²) in [5.74, 6) is -0.416. The highest BCUT2D eigenvalue weighted by Gasteiger charge is 2.13. The van der Waals surface area contributed by atoms with E-state index in [-0.39, 0.29) is 31.4 Å². The van der Waals surface area contributed by atoms with Crippen LogP contribution in [0.1, 0.15) is 15.9 Å². The molecule has 1 aromatic heterocycles. The van der Waals surface area contributed by atoms with Crippen molar-refractivity contribution in [3.05, 3.63) is 70.3 Å². The first-order valence-corrected chi connectivity index (χ1v) is 9.18. The van der Waals surface area contributed by atoms with Crippen LogP contribution in [0.25, 0.3) is 10.9 Å². The maximum absolute atomic E-state index is 12.7. The van der Waals surface area contributed by atoms with Crippen molar-refractivity contribution in [1.82, 2.24) is 10.3 Å². The molecule has 0 atom stereocenters. The van der Waals surface area contributed by atoms with Gasteiger partial charge in [0.25, 0.3) is 5.91 Å². The lowest BCUT2D eigenvalue weighted by atomic mass is 10.1. The number of carbonyl (C=O) groups is 2. The number of aliphatic hydroxyl groups excluding tert-OH is 1. The SMILES string of the molecule is O=C(Cc1ccc(NC(=O)c2cc(Br)cc3cccnc23)cc1)NCCO. The van der Waals surface area contributed by atoms with Gasteiger partial charge in [-0.3, -0.25) is 14.6 Å². The van der Waals surface area contributed by atoms with Gasteiger partial charge in [-0.1, -0.05) is 34.1 Å². The smallest absolute Gasteiger partial charge is 0.257 e. The van der Waals surface area contributed by atoms with Gasteiger partial charge in [0.05, 0.1) is 24.1 Å². The lowest BCUT2D eigenvalue weighted by Crippen LogP contribution is -2.27. The molecule has 0 aliphatic rings. The number of nitrogens with one attached hydrogen (secondary N) is 2. The molecule has 1 heterocycles. The van der Waals surface area contributed by atoms with Gasteiger partial charge < -0.3 is 15.7 Å². The summed E-state index contributed by atoms with van der Waals surface area (Å²) in [4.78, 5) is 28.7. The lowest BCUT2D eigenvalue weighted by Gasteiger charge is -2.09. The second-order valence-electron chi connectivity index (χ2n) is 5.93. The highest BCUT2D eigenvalue weighted by molar-refractivity contribution is 9.10. The van der Waals surface area contributed by atoms with Crippen LogP contribution in [0, 0.1) is 0 Å². The fourth-order valence-electron chi connectivity index (χ4n) is 2.68. The third kappa shape index (κ3) is 4.90. The number of fused-ring (bicyclic) bond motifs is 1. The molecule has 3 N–H and O–H groups in total. The van der Waals surface area contributed by atoms with E-state index in [1.807, 2.05) is 18.2 Å². The normalized spacial score (nSPS) is 10.6. The van der Waals surface area contributed by atoms with Gasteiger partial charge in [0.15, 0.2) is 0 Å². The zero-order chi connectivity index (χ0) is 19.2. The van der Waals surface area contributed by atoms with Crippen molar-refractivity contribution < 1.29 is 14.7 Å². The molecule has 0 fully saturated rings. The average molecular weight is 428 g/mol. The predicted octanol–water partition coefficient (Wildman–Crippen LogP) is 2.90. The van der Waals surface area contributed by atoms with E-state index in [1.54, 1.807) is 36.5 Å². The molecule has 2 aromatic carbocycles. The van der Waals surface area contributed by atoms with E-state index < -0.39 is 0 Å². The molecule has 6 nitrogen and oxygen atoms in total. The Morgan fingerprint density at radius 2 is 1.89 bits per heavy atom. The van der Waals surface area contributed by atoms with Crippen molar-refractivity contribution >= 4 is 44.3 Å². The summed E-state index contributed by atoms with van der Waals surface area (Å²) < 4.78 is 0.803. The first kappa shape index (κ1) is 19.0. The van der Waals surface area contributed by atoms with Crippen LogP contribution in [0.15, 0.2) is 59.2 Å². The molecule has 0 aliphatic carbocycles. The zero-order valence-electron chi connectivity index (χ0n) is 14.4. The Morgan fingerprint density at radius 1 is 1.11 bits per heavy atom. The molecule has 27 heavy (non-hydrogen) atoms. The number of rotatable bonds is 6. The zero-order valence-corrected chi connectivity index (χ0v) is 16.0. The number of nitrogens with zero attached hydrogens (tertiary/aromatic N) is 1. The largest absolute Gasteiger partial charge is 0.395 e. The molecule has 0 bridgehead atoms. The van der Waals surface area contributed by atoms with Crippen molar-refractivity contribution in [2.75, 3.05) is 18.5 Å². The number of carbonyl (C=O) groups excluding carboxylic acids is 2. The number of aliphatic hydroxyl groups is 1. The quantitative estimate of drug-likeness (QED) is 0.563. The molecular weight excluding hydrogens is 410 g/mol. The van der Waals surface area contributed by atoms with Crippen LogP contribution in [-0.2, 0) is 11.2 Å². The van der Waals surface area contributed by atoms with E-state index in [2.05, 4.69) is 31.5 Å². The van der Waals surface area contributed by atoms with E-state index in [4.69, 9.17) is 5.11 Å². The third-order valence-corrected chi connectivity index (χ3v) is 4.38. The van der Waals surface area contributed by atoms with Crippen molar-refractivity contribution in [2.24, 2.45) is 0 Å². The number of amides is 2. The van der Waals surface area contributed by atoms with Crippen LogP contribution in [0.2, 0.25) is 0 Å². The summed E-state index contributed by atoms with van der Waals surface area (Å²) in [7, 11) is 0. The summed E-state index contributed by atoms with van der Waals surface area (Å²) in [6.45, 7) is 0.150. The molecule has 0 saturated carbocycles. The second kappa shape index (κ2) is 8.75. The van der Waals surface area contributed by atoms with Crippen LogP contribution in [-0.4, -0.2) is 35.1 Å². The van der Waals surface area contributed by atoms with Gasteiger partial charge in [0.2, 0.25) is 5.91 Å². The minimum Gasteiger partial charge on any atom is -0.395 e. The average Bonchev–Trinajstić information content (AvgIpc) is 2.67. The third-order valence-electron chi connectivity index (χ3n) is 3.92. The van der Waals surface area contributed by atoms with Crippen LogP contribution in [0.4, 0.5) is 5.69 Å². The van der Waals surface area contributed by atoms with Gasteiger partial charge in [0.1, 0.15) is 0 Å². The molecule has 3 rings (SSSR count). The summed E-state index contributed by atoms with van der Waals surface area (Å²) in [6, 6.07) is 14.4. The molecule has 138 valence electrons. The number of hydrogen-bond acceptors (Lipinski definition) is 4. The van der Waals surface area contributed by atoms with E-state index in [1.165, 1.54) is 0 Å². The monoisotopic (exact) mass is 427 g/mol. The highest BCUT2D eigenvalue weighted by Crippen LogP contribution is 2.23. The van der Waals surface area contributed by atoms with Crippen molar-refractivity contribution in [1.29, 1.82) is 0 Å². The van der Waals surface area contributed by atoms with Crippen LogP contribution >= 0.6 is 15.9 Å². The molecule has 0 radical (unpaired) electrons. The van der Waals surface area contributed by atoms with Crippen molar-refractivity contribution in [3.8, 4) is 0 Å². The Morgan fingerprint density at radius 3 is 2.63 bits per heavy atom. The van der Waals surface area contributed by atoms with E-state index in [0.29, 0.717) is 16.8 Å². The van der Waals surface area contributed by atoms with Crippen LogP contribution < -0.4 is 10.6 Å². The number of anilines is 1. The van der Waals surface area contributed by atoms with Gasteiger partial charge in [-0.15, -0.1) is 0 Å². The Balaban J connectivity index is 1.72. The standard InChI is InChI=1S/C20H18BrN3O3/c21-15-11-14-2-1-7-23-19(14)17(12-15)20(27)24-16-5-3-13(4-6-16)10-18(26)22-8-9-25/h1-7,11-12,25H,8-10H2,(H,22,26)(H,24,27). The fraction of sp³-hybridized carbons (Fsp3) is 0.150. The molecule has 2 amide bonds. The van der Waals surface area contributed by atoms with Crippen LogP contribution in [0.5, 0.6) is 0 Å². The lowest BCUT2D eigenvalue weighted by molar-refractivity contribution is -0.120. The number of halogens is 1. The van der Waals surface area contributed by atoms with Crippen LogP contribution in [0.3, 0.4) is 0 Å². The van der Waals surface area contributed by atoms with E-state index in [0.717, 1.165) is 15.4 Å². The summed E-state index contributed by atoms with van der Waals surface area (Å²) in [5, 5.41) is 15.1. The predicted molar refractivity (Wildman–Crippen MR) is 108 cm³/mol. The Kier molecular flexibility index (Phi) is 6.16. The fourth-order valence-corrected chi connectivity index (χ4v) is 3.15. The molecule has 0 aliphatic heterocycles. The molecule has 3 aromatic rings. The van der Waals surface area contributed by atoms with Gasteiger partial charge in [-0.05, 0) is 35.9 Å². The number of hydrogen-bond donors (Lipinski definition) is 3. The van der Waals surface area contributed by atoms with Gasteiger partial charge in [-0.25, -0.2) is 0 Å². The maximum Gasteiger partial charge on any atom is 0.257 e. The topological polar surface area (TPSA) is 91.3 Å². The minimum absolute atomic E-state index is 0.0875. The van der Waals surface area contributed by atoms with Gasteiger partial charge >= 0.3 is 0 Å². The van der Waals surface area contributed by atoms with Gasteiger partial charge in [-0.2, -0.15) is 0 Å². The van der Waals surface area contributed by atoms with Crippen molar-refractivity contribution in [2.45, 2.75) is 6.42 Å². The molecular formula is C20H18BrN3O3. The first-order valence-electron chi connectivity index (χ1n) is 8.39. The summed E-state index contributed by atoms with van der Waals surface area (Å²) in [5.41, 5.74) is 2.56. The highest BCUT2D eigenvalue weighted by atomic mass is 79.9. The van der Waals surface area contributed by atoms with Gasteiger partial charge in [0, 0.05) is 28.3 Å². The number of benzene rings is 2. The Labute approximate surface area is 164 Å². The Hall–Kier alpha value is -2.77. The summed E-state index contributed by atoms with van der Waals surface area (Å²) in [6.07, 6.45) is 1.87. The minimum atomic E-state index is -0.256. The second-order valence-corrected chi connectivity index (χ2v) is 6.85. The molecule has 0 saturated heterocycles. The molecule has 0 spiro atoms. The van der Waals surface area contributed by atoms with E-state index in [9.17, 15) is 9.59 Å². The molecule has 0 unspecified atom stereocenters. The number of pyridine rings is 1. The maximum atomic E-state index is 12.7. The van der Waals surface area contributed by atoms with Crippen molar-refractivity contribution in [3.63, 3.8) is 0 Å². The number of aromatic nitrogens is 1.